The van der Waals surface area contributed by atoms with Gasteiger partial charge in [0.1, 0.15) is 13.2 Å². The zero-order valence-electron chi connectivity index (χ0n) is 13.9. The molecule has 1 aliphatic rings. The standard InChI is InChI=1S/C15H26N2O6/c1-14(2)6-11(17-13(21)23-5-4-22-10-18)7-15(3,8-14)9-16-12(19)20/h10-11,16H,4-9H2,1-3H3,(H,17,21)(H,19,20). The van der Waals surface area contributed by atoms with Crippen molar-refractivity contribution in [3.8, 4) is 0 Å². The van der Waals surface area contributed by atoms with Gasteiger partial charge in [0, 0.05) is 12.6 Å². The van der Waals surface area contributed by atoms with Gasteiger partial charge in [0.15, 0.2) is 0 Å². The molecule has 1 saturated carbocycles. The number of hydrogen-bond acceptors (Lipinski definition) is 5. The zero-order valence-corrected chi connectivity index (χ0v) is 13.9. The summed E-state index contributed by atoms with van der Waals surface area (Å²) in [5, 5.41) is 14.1. The van der Waals surface area contributed by atoms with Gasteiger partial charge in [-0.25, -0.2) is 9.59 Å². The van der Waals surface area contributed by atoms with Crippen LogP contribution in [-0.4, -0.2) is 49.6 Å². The number of nitrogens with one attached hydrogen (secondary N) is 2. The van der Waals surface area contributed by atoms with Crippen LogP contribution >= 0.6 is 0 Å². The van der Waals surface area contributed by atoms with E-state index in [0.717, 1.165) is 12.8 Å². The van der Waals surface area contributed by atoms with E-state index < -0.39 is 12.2 Å². The monoisotopic (exact) mass is 330 g/mol. The number of hydrogen-bond donors (Lipinski definition) is 3. The maximum absolute atomic E-state index is 11.8. The molecule has 0 aromatic carbocycles. The summed E-state index contributed by atoms with van der Waals surface area (Å²) in [6.07, 6.45) is 0.705. The molecule has 0 saturated heterocycles. The molecular formula is C15H26N2O6. The lowest BCUT2D eigenvalue weighted by atomic mass is 9.62. The first-order valence-corrected chi connectivity index (χ1v) is 7.61. The lowest BCUT2D eigenvalue weighted by Crippen LogP contribution is -2.50. The molecule has 0 heterocycles. The quantitative estimate of drug-likeness (QED) is 0.484. The Balaban J connectivity index is 2.55. The van der Waals surface area contributed by atoms with Gasteiger partial charge in [-0.15, -0.1) is 0 Å². The molecule has 1 aliphatic carbocycles. The molecular weight excluding hydrogens is 304 g/mol. The highest BCUT2D eigenvalue weighted by Gasteiger charge is 2.42. The molecule has 23 heavy (non-hydrogen) atoms. The number of carbonyl (C=O) groups is 3. The third-order valence-corrected chi connectivity index (χ3v) is 3.93. The predicted octanol–water partition coefficient (Wildman–Crippen LogP) is 1.74. The molecule has 0 aromatic rings. The molecule has 1 rings (SSSR count). The van der Waals surface area contributed by atoms with Crippen molar-refractivity contribution in [3.05, 3.63) is 0 Å². The molecule has 2 atom stereocenters. The van der Waals surface area contributed by atoms with Crippen LogP contribution in [0.5, 0.6) is 0 Å². The van der Waals surface area contributed by atoms with Gasteiger partial charge in [0.05, 0.1) is 0 Å². The SMILES string of the molecule is CC1(C)CC(NC(=O)OCCOC=O)CC(C)(CNC(=O)O)C1. The first-order chi connectivity index (χ1) is 10.7. The molecule has 2 amide bonds. The molecule has 3 N–H and O–H groups in total. The van der Waals surface area contributed by atoms with Crippen LogP contribution in [0.1, 0.15) is 40.0 Å². The minimum absolute atomic E-state index is 0.00146. The smallest absolute Gasteiger partial charge is 0.407 e. The fraction of sp³-hybridized carbons (Fsp3) is 0.800. The van der Waals surface area contributed by atoms with Gasteiger partial charge in [-0.05, 0) is 30.1 Å². The van der Waals surface area contributed by atoms with E-state index in [1.807, 2.05) is 6.92 Å². The Morgan fingerprint density at radius 3 is 2.57 bits per heavy atom. The van der Waals surface area contributed by atoms with Gasteiger partial charge in [0.25, 0.3) is 6.47 Å². The van der Waals surface area contributed by atoms with Crippen LogP contribution in [0.15, 0.2) is 0 Å². The summed E-state index contributed by atoms with van der Waals surface area (Å²) in [7, 11) is 0. The number of amides is 2. The minimum Gasteiger partial charge on any atom is -0.465 e. The molecule has 8 nitrogen and oxygen atoms in total. The second kappa shape index (κ2) is 8.03. The molecule has 0 bridgehead atoms. The third kappa shape index (κ3) is 7.21. The van der Waals surface area contributed by atoms with Crippen molar-refractivity contribution < 1.29 is 29.0 Å². The molecule has 8 heteroatoms. The predicted molar refractivity (Wildman–Crippen MR) is 82.1 cm³/mol. The van der Waals surface area contributed by atoms with Gasteiger partial charge >= 0.3 is 12.2 Å². The molecule has 0 spiro atoms. The van der Waals surface area contributed by atoms with Gasteiger partial charge in [-0.1, -0.05) is 20.8 Å². The highest BCUT2D eigenvalue weighted by Crippen LogP contribution is 2.45. The van der Waals surface area contributed by atoms with Gasteiger partial charge in [-0.3, -0.25) is 4.79 Å². The van der Waals surface area contributed by atoms with Crippen LogP contribution in [0.4, 0.5) is 9.59 Å². The summed E-state index contributed by atoms with van der Waals surface area (Å²) in [5.41, 5.74) is -0.259. The van der Waals surface area contributed by atoms with Crippen LogP contribution in [0, 0.1) is 10.8 Å². The van der Waals surface area contributed by atoms with Crippen LogP contribution in [0.25, 0.3) is 0 Å². The Morgan fingerprint density at radius 2 is 1.96 bits per heavy atom. The van der Waals surface area contributed by atoms with E-state index in [2.05, 4.69) is 29.2 Å². The zero-order chi connectivity index (χ0) is 17.5. The van der Waals surface area contributed by atoms with E-state index in [9.17, 15) is 14.4 Å². The maximum Gasteiger partial charge on any atom is 0.407 e. The van der Waals surface area contributed by atoms with E-state index in [4.69, 9.17) is 9.84 Å². The Morgan fingerprint density at radius 1 is 1.26 bits per heavy atom. The van der Waals surface area contributed by atoms with Crippen molar-refractivity contribution in [2.45, 2.75) is 46.1 Å². The Bertz CT molecular complexity index is 440. The van der Waals surface area contributed by atoms with E-state index in [0.29, 0.717) is 19.4 Å². The van der Waals surface area contributed by atoms with Crippen molar-refractivity contribution in [2.24, 2.45) is 10.8 Å². The topological polar surface area (TPSA) is 114 Å². The second-order valence-electron chi connectivity index (χ2n) is 7.16. The largest absolute Gasteiger partial charge is 0.465 e. The van der Waals surface area contributed by atoms with Gasteiger partial charge in [-0.2, -0.15) is 0 Å². The Labute approximate surface area is 135 Å². The van der Waals surface area contributed by atoms with Gasteiger partial charge < -0.3 is 25.2 Å². The summed E-state index contributed by atoms with van der Waals surface area (Å²) < 4.78 is 9.38. The van der Waals surface area contributed by atoms with Crippen LogP contribution in [0.2, 0.25) is 0 Å². The Hall–Kier alpha value is -1.99. The third-order valence-electron chi connectivity index (χ3n) is 3.93. The van der Waals surface area contributed by atoms with Crippen LogP contribution in [-0.2, 0) is 14.3 Å². The lowest BCUT2D eigenvalue weighted by molar-refractivity contribution is -0.129. The van der Waals surface area contributed by atoms with Crippen LogP contribution < -0.4 is 10.6 Å². The van der Waals surface area contributed by atoms with E-state index >= 15 is 0 Å². The average Bonchev–Trinajstić information content (AvgIpc) is 2.39. The first-order valence-electron chi connectivity index (χ1n) is 7.61. The first kappa shape index (κ1) is 19.1. The highest BCUT2D eigenvalue weighted by molar-refractivity contribution is 5.67. The molecule has 0 aliphatic heterocycles. The highest BCUT2D eigenvalue weighted by atomic mass is 16.6. The van der Waals surface area contributed by atoms with Crippen molar-refractivity contribution in [1.82, 2.24) is 10.6 Å². The van der Waals surface area contributed by atoms with Crippen molar-refractivity contribution in [1.29, 1.82) is 0 Å². The summed E-state index contributed by atoms with van der Waals surface area (Å²) >= 11 is 0. The fourth-order valence-electron chi connectivity index (χ4n) is 3.60. The average molecular weight is 330 g/mol. The number of carbonyl (C=O) groups excluding carboxylic acids is 2. The molecule has 132 valence electrons. The summed E-state index contributed by atoms with van der Waals surface area (Å²) in [6.45, 7) is 6.87. The Kier molecular flexibility index (Phi) is 6.65. The van der Waals surface area contributed by atoms with E-state index in [1.54, 1.807) is 0 Å². The van der Waals surface area contributed by atoms with E-state index in [-0.39, 0.29) is 30.1 Å². The number of carboxylic acid groups (broad SMARTS) is 1. The molecule has 0 radical (unpaired) electrons. The molecule has 0 aromatic heterocycles. The van der Waals surface area contributed by atoms with Crippen LogP contribution in [0.3, 0.4) is 0 Å². The number of ether oxygens (including phenoxy) is 2. The van der Waals surface area contributed by atoms with Crippen molar-refractivity contribution >= 4 is 18.7 Å². The molecule has 1 fully saturated rings. The number of rotatable bonds is 7. The minimum atomic E-state index is -1.05. The normalized spacial score (nSPS) is 26.0. The fourth-order valence-corrected chi connectivity index (χ4v) is 3.60. The van der Waals surface area contributed by atoms with Crippen molar-refractivity contribution in [3.63, 3.8) is 0 Å². The summed E-state index contributed by atoms with van der Waals surface area (Å²) in [4.78, 5) is 32.5. The molecule has 2 unspecified atom stereocenters. The maximum atomic E-state index is 11.8. The van der Waals surface area contributed by atoms with Crippen molar-refractivity contribution in [2.75, 3.05) is 19.8 Å². The van der Waals surface area contributed by atoms with E-state index in [1.165, 1.54) is 0 Å². The number of alkyl carbamates (subject to hydrolysis) is 1. The summed E-state index contributed by atoms with van der Waals surface area (Å²) in [5.74, 6) is 0. The second-order valence-corrected chi connectivity index (χ2v) is 7.16. The lowest BCUT2D eigenvalue weighted by Gasteiger charge is -2.46. The summed E-state index contributed by atoms with van der Waals surface area (Å²) in [6, 6.07) is -0.0983. The van der Waals surface area contributed by atoms with Gasteiger partial charge in [0.2, 0.25) is 0 Å².